The van der Waals surface area contributed by atoms with Crippen LogP contribution in [0.2, 0.25) is 0 Å². The summed E-state index contributed by atoms with van der Waals surface area (Å²) in [5, 5.41) is 15.6. The second kappa shape index (κ2) is 9.22. The van der Waals surface area contributed by atoms with Crippen LogP contribution in [0, 0.1) is 11.3 Å². The molecule has 0 spiro atoms. The van der Waals surface area contributed by atoms with Crippen LogP contribution in [0.5, 0.6) is 0 Å². The third-order valence-corrected chi connectivity index (χ3v) is 0.393. The van der Waals surface area contributed by atoms with Crippen molar-refractivity contribution in [3.63, 3.8) is 0 Å². The molecule has 0 bridgehead atoms. The van der Waals surface area contributed by atoms with Crippen molar-refractivity contribution in [3.8, 4) is 6.07 Å². The number of carboxylic acids is 1. The molecule has 0 saturated carbocycles. The van der Waals surface area contributed by atoms with E-state index in [0.29, 0.717) is 0 Å². The van der Waals surface area contributed by atoms with Crippen molar-refractivity contribution in [1.82, 2.24) is 0 Å². The molecule has 1 N–H and O–H groups in total. The van der Waals surface area contributed by atoms with Crippen molar-refractivity contribution in [3.05, 3.63) is 12.2 Å². The van der Waals surface area contributed by atoms with Crippen LogP contribution in [-0.2, 0) is 26.9 Å². The molecule has 0 radical (unpaired) electrons. The van der Waals surface area contributed by atoms with Crippen LogP contribution in [-0.4, -0.2) is 11.1 Å². The van der Waals surface area contributed by atoms with Crippen LogP contribution in [0.1, 0.15) is 0 Å². The fraction of sp³-hybridized carbons (Fsp3) is 0. The van der Waals surface area contributed by atoms with Crippen molar-refractivity contribution in [1.29, 1.82) is 5.26 Å². The Morgan fingerprint density at radius 2 is 2.00 bits per heavy atom. The molecule has 0 amide bonds. The molecule has 0 heterocycles. The fourth-order valence-corrected chi connectivity index (χ4v) is 0.0478. The molecule has 0 aromatic carbocycles. The number of rotatable bonds is 1. The third kappa shape index (κ3) is 11.1. The summed E-state index contributed by atoms with van der Waals surface area (Å²) < 4.78 is 0. The molecule has 0 saturated heterocycles. The molecule has 0 atom stereocenters. The van der Waals surface area contributed by atoms with Crippen LogP contribution < -0.4 is 0 Å². The standard InChI is InChI=1S/C4H3NO2.2ClH.Hg/c1-3(2-5)4(6)7;;;/h1H2,(H,6,7);2*1H;/q;;;+2/p-2. The van der Waals surface area contributed by atoms with E-state index >= 15 is 0 Å². The molecular formula is C4H3Cl2HgNO2. The van der Waals surface area contributed by atoms with E-state index < -0.39 is 33.6 Å². The zero-order valence-electron chi connectivity index (χ0n) is 4.97. The summed E-state index contributed by atoms with van der Waals surface area (Å²) >= 11 is -1.14. The number of carbonyl (C=O) groups is 1. The number of hydrogen-bond acceptors (Lipinski definition) is 2. The number of hydrogen-bond donors (Lipinski definition) is 1. The summed E-state index contributed by atoms with van der Waals surface area (Å²) in [6.45, 7) is 2.91. The molecule has 0 fully saturated rings. The summed E-state index contributed by atoms with van der Waals surface area (Å²) in [7, 11) is 9.97. The summed E-state index contributed by atoms with van der Waals surface area (Å²) in [6, 6.07) is 1.37. The van der Waals surface area contributed by atoms with Crippen molar-refractivity contribution >= 4 is 22.5 Å². The van der Waals surface area contributed by atoms with Gasteiger partial charge < -0.3 is 5.11 Å². The van der Waals surface area contributed by atoms with Crippen molar-refractivity contribution in [2.75, 3.05) is 0 Å². The monoisotopic (exact) mass is 369 g/mol. The van der Waals surface area contributed by atoms with Gasteiger partial charge in [0.2, 0.25) is 0 Å². The molecule has 0 rings (SSSR count). The van der Waals surface area contributed by atoms with Crippen LogP contribution in [0.25, 0.3) is 0 Å². The molecule has 0 aromatic rings. The molecule has 6 heteroatoms. The SMILES string of the molecule is C=C(C#N)C(=O)O.[Cl][Hg][Cl]. The van der Waals surface area contributed by atoms with E-state index in [2.05, 4.69) is 6.58 Å². The van der Waals surface area contributed by atoms with E-state index in [4.69, 9.17) is 26.9 Å². The number of carboxylic acid groups (broad SMARTS) is 1. The first kappa shape index (κ1) is 12.9. The predicted molar refractivity (Wildman–Crippen MR) is 34.1 cm³/mol. The Balaban J connectivity index is 0. The van der Waals surface area contributed by atoms with Crippen LogP contribution >= 0.6 is 16.5 Å². The van der Waals surface area contributed by atoms with Gasteiger partial charge in [-0.15, -0.1) is 0 Å². The first-order chi connectivity index (χ1) is 4.59. The van der Waals surface area contributed by atoms with Crippen LogP contribution in [0.3, 0.4) is 0 Å². The Bertz CT molecular complexity index is 165. The third-order valence-electron chi connectivity index (χ3n) is 0.393. The molecule has 0 aromatic heterocycles. The van der Waals surface area contributed by atoms with Gasteiger partial charge in [0, 0.05) is 0 Å². The van der Waals surface area contributed by atoms with E-state index in [1.807, 2.05) is 0 Å². The summed E-state index contributed by atoms with van der Waals surface area (Å²) in [5.41, 5.74) is -0.431. The summed E-state index contributed by atoms with van der Waals surface area (Å²) in [5.74, 6) is -1.26. The summed E-state index contributed by atoms with van der Waals surface area (Å²) in [4.78, 5) is 9.61. The van der Waals surface area contributed by atoms with Crippen molar-refractivity contribution in [2.45, 2.75) is 0 Å². The Hall–Kier alpha value is 0.215. The fourth-order valence-electron chi connectivity index (χ4n) is 0.0478. The van der Waals surface area contributed by atoms with Gasteiger partial charge in [0.1, 0.15) is 11.6 Å². The van der Waals surface area contributed by atoms with E-state index in [-0.39, 0.29) is 0 Å². The second-order valence-electron chi connectivity index (χ2n) is 0.997. The molecule has 0 aliphatic rings. The maximum absolute atomic E-state index is 9.61. The van der Waals surface area contributed by atoms with E-state index in [1.54, 1.807) is 0 Å². The quantitative estimate of drug-likeness (QED) is 0.434. The van der Waals surface area contributed by atoms with Gasteiger partial charge in [-0.25, -0.2) is 4.79 Å². The zero-order valence-corrected chi connectivity index (χ0v) is 12.0. The Morgan fingerprint density at radius 3 is 2.00 bits per heavy atom. The Morgan fingerprint density at radius 1 is 1.70 bits per heavy atom. The molecule has 0 aliphatic heterocycles. The number of halogens is 2. The average molecular weight is 369 g/mol. The van der Waals surface area contributed by atoms with E-state index in [1.165, 1.54) is 6.07 Å². The normalized spacial score (nSPS) is 5.70. The first-order valence-corrected chi connectivity index (χ1v) is 15.6. The maximum atomic E-state index is 9.61. The molecule has 0 aliphatic carbocycles. The van der Waals surface area contributed by atoms with Gasteiger partial charge in [-0.3, -0.25) is 0 Å². The zero-order chi connectivity index (χ0) is 8.57. The minimum atomic E-state index is -1.26. The molecular weight excluding hydrogens is 366 g/mol. The topological polar surface area (TPSA) is 61.1 Å². The predicted octanol–water partition coefficient (Wildman–Crippen LogP) is 1.53. The van der Waals surface area contributed by atoms with Gasteiger partial charge in [0.15, 0.2) is 0 Å². The molecule has 0 unspecified atom stereocenters. The van der Waals surface area contributed by atoms with Gasteiger partial charge >= 0.3 is 44.6 Å². The van der Waals surface area contributed by atoms with E-state index in [9.17, 15) is 4.79 Å². The van der Waals surface area contributed by atoms with Crippen LogP contribution in [0.15, 0.2) is 12.2 Å². The number of nitriles is 1. The van der Waals surface area contributed by atoms with Gasteiger partial charge in [0.25, 0.3) is 0 Å². The Kier molecular flexibility index (Phi) is 11.8. The number of nitrogens with zero attached hydrogens (tertiary/aromatic N) is 1. The first-order valence-electron chi connectivity index (χ1n) is 2.04. The molecule has 52 valence electrons. The summed E-state index contributed by atoms with van der Waals surface area (Å²) in [6.07, 6.45) is 0. The van der Waals surface area contributed by atoms with Crippen molar-refractivity contribution < 1.29 is 32.0 Å². The van der Waals surface area contributed by atoms with Crippen LogP contribution in [0.4, 0.5) is 0 Å². The second-order valence-corrected chi connectivity index (χ2v) is 8.87. The minimum absolute atomic E-state index is 0.431. The van der Waals surface area contributed by atoms with Gasteiger partial charge in [-0.1, -0.05) is 6.58 Å². The van der Waals surface area contributed by atoms with Gasteiger partial charge in [-0.2, -0.15) is 5.26 Å². The Labute approximate surface area is 77.6 Å². The van der Waals surface area contributed by atoms with Crippen molar-refractivity contribution in [2.24, 2.45) is 0 Å². The van der Waals surface area contributed by atoms with E-state index in [0.717, 1.165) is 0 Å². The average Bonchev–Trinajstić information content (AvgIpc) is 1.88. The molecule has 10 heavy (non-hydrogen) atoms. The molecule has 3 nitrogen and oxygen atoms in total. The number of aliphatic carboxylic acids is 1. The van der Waals surface area contributed by atoms with Gasteiger partial charge in [0.05, 0.1) is 0 Å². The van der Waals surface area contributed by atoms with Gasteiger partial charge in [-0.05, 0) is 0 Å².